The summed E-state index contributed by atoms with van der Waals surface area (Å²) in [5.74, 6) is -0.372. The van der Waals surface area contributed by atoms with Crippen molar-refractivity contribution in [3.8, 4) is 5.75 Å². The van der Waals surface area contributed by atoms with Crippen LogP contribution in [0.15, 0.2) is 24.3 Å². The van der Waals surface area contributed by atoms with Gasteiger partial charge in [-0.3, -0.25) is 4.79 Å². The van der Waals surface area contributed by atoms with Crippen molar-refractivity contribution in [1.82, 2.24) is 5.32 Å². The van der Waals surface area contributed by atoms with Crippen LogP contribution in [0.1, 0.15) is 26.7 Å². The SMILES string of the molecule is CC(C)(CO)NC(=O)CCCOc1ccccc1F. The van der Waals surface area contributed by atoms with Crippen molar-refractivity contribution >= 4 is 5.91 Å². The number of hydrogen-bond acceptors (Lipinski definition) is 3. The molecule has 0 saturated heterocycles. The van der Waals surface area contributed by atoms with Crippen LogP contribution >= 0.6 is 0 Å². The van der Waals surface area contributed by atoms with Gasteiger partial charge in [-0.05, 0) is 32.4 Å². The first-order chi connectivity index (χ1) is 8.94. The third-order valence-corrected chi connectivity index (χ3v) is 2.52. The maximum atomic E-state index is 13.2. The van der Waals surface area contributed by atoms with E-state index in [0.29, 0.717) is 6.42 Å². The summed E-state index contributed by atoms with van der Waals surface area (Å²) < 4.78 is 18.5. The van der Waals surface area contributed by atoms with Crippen LogP contribution in [0.3, 0.4) is 0 Å². The smallest absolute Gasteiger partial charge is 0.220 e. The van der Waals surface area contributed by atoms with Crippen molar-refractivity contribution in [1.29, 1.82) is 0 Å². The quantitative estimate of drug-likeness (QED) is 0.743. The Morgan fingerprint density at radius 2 is 2.11 bits per heavy atom. The first-order valence-corrected chi connectivity index (χ1v) is 6.24. The van der Waals surface area contributed by atoms with Crippen molar-refractivity contribution in [2.75, 3.05) is 13.2 Å². The molecule has 1 rings (SSSR count). The van der Waals surface area contributed by atoms with Gasteiger partial charge in [-0.15, -0.1) is 0 Å². The molecule has 106 valence electrons. The Kier molecular flexibility index (Phi) is 5.76. The first kappa shape index (κ1) is 15.4. The molecule has 0 aliphatic rings. The van der Waals surface area contributed by atoms with Crippen LogP contribution in [0.5, 0.6) is 5.75 Å². The summed E-state index contributed by atoms with van der Waals surface area (Å²) in [6.45, 7) is 3.62. The third kappa shape index (κ3) is 5.70. The van der Waals surface area contributed by atoms with Gasteiger partial charge in [0.2, 0.25) is 5.91 Å². The zero-order valence-corrected chi connectivity index (χ0v) is 11.3. The molecule has 1 amide bonds. The van der Waals surface area contributed by atoms with Crippen LogP contribution in [0.4, 0.5) is 4.39 Å². The normalized spacial score (nSPS) is 11.2. The Hall–Kier alpha value is -1.62. The lowest BCUT2D eigenvalue weighted by Gasteiger charge is -2.23. The molecule has 0 aliphatic heterocycles. The van der Waals surface area contributed by atoms with Crippen molar-refractivity contribution in [2.24, 2.45) is 0 Å². The Morgan fingerprint density at radius 1 is 1.42 bits per heavy atom. The minimum Gasteiger partial charge on any atom is -0.491 e. The number of benzene rings is 1. The van der Waals surface area contributed by atoms with E-state index >= 15 is 0 Å². The van der Waals surface area contributed by atoms with Crippen molar-refractivity contribution in [3.63, 3.8) is 0 Å². The molecule has 5 heteroatoms. The van der Waals surface area contributed by atoms with Crippen molar-refractivity contribution in [2.45, 2.75) is 32.2 Å². The molecule has 0 fully saturated rings. The van der Waals surface area contributed by atoms with E-state index in [1.165, 1.54) is 6.07 Å². The maximum absolute atomic E-state index is 13.2. The molecule has 0 aromatic heterocycles. The summed E-state index contributed by atoms with van der Waals surface area (Å²) >= 11 is 0. The van der Waals surface area contributed by atoms with Crippen molar-refractivity contribution in [3.05, 3.63) is 30.1 Å². The monoisotopic (exact) mass is 269 g/mol. The fraction of sp³-hybridized carbons (Fsp3) is 0.500. The number of aliphatic hydroxyl groups excluding tert-OH is 1. The van der Waals surface area contributed by atoms with E-state index in [4.69, 9.17) is 9.84 Å². The highest BCUT2D eigenvalue weighted by Gasteiger charge is 2.18. The molecule has 0 spiro atoms. The third-order valence-electron chi connectivity index (χ3n) is 2.52. The van der Waals surface area contributed by atoms with Gasteiger partial charge in [0.1, 0.15) is 0 Å². The molecule has 0 unspecified atom stereocenters. The molecule has 0 bridgehead atoms. The van der Waals surface area contributed by atoms with E-state index in [9.17, 15) is 9.18 Å². The fourth-order valence-corrected chi connectivity index (χ4v) is 1.46. The molecule has 19 heavy (non-hydrogen) atoms. The summed E-state index contributed by atoms with van der Waals surface area (Å²) in [6, 6.07) is 6.15. The van der Waals surface area contributed by atoms with E-state index < -0.39 is 11.4 Å². The van der Waals surface area contributed by atoms with Crippen LogP contribution in [-0.2, 0) is 4.79 Å². The molecular weight excluding hydrogens is 249 g/mol. The van der Waals surface area contributed by atoms with Gasteiger partial charge in [0.05, 0.1) is 18.8 Å². The average Bonchev–Trinajstić information content (AvgIpc) is 2.36. The first-order valence-electron chi connectivity index (χ1n) is 6.24. The number of aliphatic hydroxyl groups is 1. The highest BCUT2D eigenvalue weighted by molar-refractivity contribution is 5.76. The highest BCUT2D eigenvalue weighted by atomic mass is 19.1. The number of hydrogen-bond donors (Lipinski definition) is 2. The average molecular weight is 269 g/mol. The number of para-hydroxylation sites is 1. The van der Waals surface area contributed by atoms with Gasteiger partial charge in [-0.25, -0.2) is 4.39 Å². The van der Waals surface area contributed by atoms with Crippen LogP contribution in [-0.4, -0.2) is 29.8 Å². The standard InChI is InChI=1S/C14H20FNO3/c1-14(2,10-17)16-13(18)8-5-9-19-12-7-4-3-6-11(12)15/h3-4,6-7,17H,5,8-10H2,1-2H3,(H,16,18). The summed E-state index contributed by atoms with van der Waals surface area (Å²) in [5, 5.41) is 11.7. The number of amides is 1. The summed E-state index contributed by atoms with van der Waals surface area (Å²) in [5.41, 5.74) is -0.622. The highest BCUT2D eigenvalue weighted by Crippen LogP contribution is 2.15. The lowest BCUT2D eigenvalue weighted by atomic mass is 10.1. The van der Waals surface area contributed by atoms with Crippen LogP contribution in [0.25, 0.3) is 0 Å². The zero-order chi connectivity index (χ0) is 14.3. The zero-order valence-electron chi connectivity index (χ0n) is 11.3. The summed E-state index contributed by atoms with van der Waals surface area (Å²) in [7, 11) is 0. The topological polar surface area (TPSA) is 58.6 Å². The molecular formula is C14H20FNO3. The Balaban J connectivity index is 2.25. The van der Waals surface area contributed by atoms with E-state index in [-0.39, 0.29) is 31.3 Å². The van der Waals surface area contributed by atoms with Crippen LogP contribution < -0.4 is 10.1 Å². The van der Waals surface area contributed by atoms with Gasteiger partial charge in [0.25, 0.3) is 0 Å². The minimum atomic E-state index is -0.622. The Bertz CT molecular complexity index is 421. The number of halogens is 1. The number of nitrogens with one attached hydrogen (secondary N) is 1. The molecule has 0 radical (unpaired) electrons. The summed E-state index contributed by atoms with van der Waals surface area (Å²) in [6.07, 6.45) is 0.763. The molecule has 4 nitrogen and oxygen atoms in total. The van der Waals surface area contributed by atoms with E-state index in [1.807, 2.05) is 0 Å². The molecule has 0 heterocycles. The van der Waals surface area contributed by atoms with Gasteiger partial charge in [-0.1, -0.05) is 12.1 Å². The number of carbonyl (C=O) groups is 1. The van der Waals surface area contributed by atoms with Gasteiger partial charge in [0, 0.05) is 6.42 Å². The van der Waals surface area contributed by atoms with Crippen LogP contribution in [0, 0.1) is 5.82 Å². The largest absolute Gasteiger partial charge is 0.491 e. The lowest BCUT2D eigenvalue weighted by molar-refractivity contribution is -0.123. The molecule has 0 saturated carbocycles. The predicted molar refractivity (Wildman–Crippen MR) is 70.4 cm³/mol. The van der Waals surface area contributed by atoms with Gasteiger partial charge in [-0.2, -0.15) is 0 Å². The lowest BCUT2D eigenvalue weighted by Crippen LogP contribution is -2.46. The van der Waals surface area contributed by atoms with Gasteiger partial charge >= 0.3 is 0 Å². The molecule has 2 N–H and O–H groups in total. The maximum Gasteiger partial charge on any atom is 0.220 e. The molecule has 0 atom stereocenters. The second-order valence-electron chi connectivity index (χ2n) is 4.97. The Labute approximate surface area is 112 Å². The second kappa shape index (κ2) is 7.09. The number of ether oxygens (including phenoxy) is 1. The predicted octanol–water partition coefficient (Wildman–Crippen LogP) is 1.87. The van der Waals surface area contributed by atoms with Gasteiger partial charge in [0.15, 0.2) is 11.6 Å². The molecule has 1 aromatic carbocycles. The Morgan fingerprint density at radius 3 is 2.74 bits per heavy atom. The molecule has 0 aliphatic carbocycles. The van der Waals surface area contributed by atoms with E-state index in [2.05, 4.69) is 5.32 Å². The summed E-state index contributed by atoms with van der Waals surface area (Å²) in [4.78, 5) is 11.5. The van der Waals surface area contributed by atoms with E-state index in [0.717, 1.165) is 0 Å². The molecule has 1 aromatic rings. The number of carbonyl (C=O) groups excluding carboxylic acids is 1. The van der Waals surface area contributed by atoms with Crippen molar-refractivity contribution < 1.29 is 19.0 Å². The fourth-order valence-electron chi connectivity index (χ4n) is 1.46. The van der Waals surface area contributed by atoms with E-state index in [1.54, 1.807) is 32.0 Å². The minimum absolute atomic E-state index is 0.121. The second-order valence-corrected chi connectivity index (χ2v) is 4.97. The van der Waals surface area contributed by atoms with Gasteiger partial charge < -0.3 is 15.2 Å². The number of rotatable bonds is 7. The van der Waals surface area contributed by atoms with Crippen LogP contribution in [0.2, 0.25) is 0 Å².